The first kappa shape index (κ1) is 81.6. The van der Waals surface area contributed by atoms with Crippen LogP contribution in [0, 0.1) is 23.7 Å². The highest BCUT2D eigenvalue weighted by Gasteiger charge is 2.50. The number of hydrogen-bond donors (Lipinski definition) is 5. The number of Topliss-reactive ketones (excluding diaryl/α,β-unsaturated/α-hetero) is 1. The van der Waals surface area contributed by atoms with Crippen LogP contribution in [-0.2, 0) is 65.5 Å². The maximum atomic E-state index is 12.8. The zero-order valence-corrected chi connectivity index (χ0v) is 53.7. The summed E-state index contributed by atoms with van der Waals surface area (Å²) in [7, 11) is 0. The minimum atomic E-state index is -5.11. The van der Waals surface area contributed by atoms with Gasteiger partial charge in [0.2, 0.25) is 12.6 Å². The number of azide groups is 2. The van der Waals surface area contributed by atoms with Gasteiger partial charge in [0.25, 0.3) is 5.91 Å². The number of carboxylic acid groups (broad SMARTS) is 1. The number of benzene rings is 2. The molecule has 2 aliphatic heterocycles. The van der Waals surface area contributed by atoms with Gasteiger partial charge in [0.15, 0.2) is 5.78 Å². The van der Waals surface area contributed by atoms with Crippen molar-refractivity contribution >= 4 is 47.4 Å². The van der Waals surface area contributed by atoms with Gasteiger partial charge in [-0.15, -0.1) is 0 Å². The lowest BCUT2D eigenvalue weighted by Crippen LogP contribution is -2.60. The van der Waals surface area contributed by atoms with Crippen LogP contribution in [0.2, 0.25) is 0 Å². The molecule has 2 saturated heterocycles. The highest BCUT2D eigenvalue weighted by molar-refractivity contribution is 5.96. The summed E-state index contributed by atoms with van der Waals surface area (Å²) in [4.78, 5) is 97.7. The Balaban J connectivity index is 0.000000526. The number of rotatable bonds is 36. The number of halogens is 6. The first-order chi connectivity index (χ1) is 44.0. The number of nitrogens with one attached hydrogen (secondary N) is 3. The van der Waals surface area contributed by atoms with Crippen LogP contribution in [0.3, 0.4) is 0 Å². The number of nitrogens with zero attached hydrogens (tertiary/aromatic N) is 6. The number of aliphatic hydroxyl groups is 1. The van der Waals surface area contributed by atoms with Gasteiger partial charge in [-0.2, -0.15) is 26.3 Å². The lowest BCUT2D eigenvalue weighted by atomic mass is 9.82. The third-order valence-corrected chi connectivity index (χ3v) is 15.9. The molecule has 0 bridgehead atoms. The first-order valence-corrected chi connectivity index (χ1v) is 31.4. The van der Waals surface area contributed by atoms with Gasteiger partial charge in [0.1, 0.15) is 6.61 Å². The second-order valence-corrected chi connectivity index (χ2v) is 23.1. The van der Waals surface area contributed by atoms with Crippen molar-refractivity contribution in [3.63, 3.8) is 0 Å². The Morgan fingerprint density at radius 1 is 0.559 bits per heavy atom. The number of carboxylic acids is 1. The van der Waals surface area contributed by atoms with Crippen LogP contribution in [0.15, 0.2) is 58.8 Å². The van der Waals surface area contributed by atoms with E-state index in [9.17, 15) is 69.8 Å². The Labute approximate surface area is 537 Å². The summed E-state index contributed by atoms with van der Waals surface area (Å²) in [6.07, 6.45) is 3.62. The predicted octanol–water partition coefficient (Wildman–Crippen LogP) is 12.5. The average molecular weight is 1330 g/mol. The summed E-state index contributed by atoms with van der Waals surface area (Å²) in [5.74, 6) is -8.78. The lowest BCUT2D eigenvalue weighted by molar-refractivity contribution is -0.241. The fraction of sp³-hybridized carbons (Fsp3) is 0.683. The molecule has 93 heavy (non-hydrogen) atoms. The molecule has 520 valence electrons. The van der Waals surface area contributed by atoms with Crippen molar-refractivity contribution in [2.75, 3.05) is 19.8 Å². The number of hydrogen-bond acceptors (Lipinski definition) is 16. The Morgan fingerprint density at radius 3 is 1.44 bits per heavy atom. The lowest BCUT2D eigenvalue weighted by Gasteiger charge is -2.43. The van der Waals surface area contributed by atoms with E-state index in [0.717, 1.165) is 114 Å². The van der Waals surface area contributed by atoms with Crippen molar-refractivity contribution in [3.05, 3.63) is 91.7 Å². The highest BCUT2D eigenvalue weighted by atomic mass is 19.4. The molecule has 0 spiro atoms. The summed E-state index contributed by atoms with van der Waals surface area (Å²) in [6.45, 7) is 9.26. The standard InChI is InChI=1S/C31H44F3N5O7.C20H29N3O3.C12H18F3NO5/c1-20-21(2)27(38-30(43)31(32,33)34)29(45-22(3)40)46-25(20)19-44-26(41)15-10-8-6-4-5-7-9-11-16-36-28(42)24-14-12-13-23(17-24)18-37-39-35;21-23-22-16-17-12-14-18(15-13-17)19(24)10-8-6-4-2-1-3-5-7-9-11-20(25)26;1-5-6(2)9(16-11(19)12(13,14)15)10(20-7(3)18)21-8(5)4-17/h12-14,17,20-21,25,27,29H,4-11,15-16,18-19H2,1-3H3,(H,36,42)(H,38,43);12-15H,1-11,16H2,(H,25,26);5-6,8-10,17H,4H2,1-3H3,(H,16,19)/t20-,21-,25?,27?,29+;;5-,6-,8?,9?,10+/m0.0/s1. The van der Waals surface area contributed by atoms with E-state index in [1.54, 1.807) is 69.4 Å². The van der Waals surface area contributed by atoms with Crippen LogP contribution >= 0.6 is 0 Å². The summed E-state index contributed by atoms with van der Waals surface area (Å²) < 4.78 is 102. The minimum Gasteiger partial charge on any atom is -0.481 e. The summed E-state index contributed by atoms with van der Waals surface area (Å²) >= 11 is 0. The van der Waals surface area contributed by atoms with Gasteiger partial charge in [-0.25, -0.2) is 0 Å². The number of carbonyl (C=O) groups is 8. The van der Waals surface area contributed by atoms with Crippen molar-refractivity contribution in [1.29, 1.82) is 0 Å². The van der Waals surface area contributed by atoms with Gasteiger partial charge >= 0.3 is 48.0 Å². The Kier molecular flexibility index (Phi) is 38.7. The number of aliphatic carboxylic acids is 1. The molecule has 2 fully saturated rings. The quantitative estimate of drug-likeness (QED) is 0.00618. The monoisotopic (exact) mass is 1330 g/mol. The van der Waals surface area contributed by atoms with Crippen molar-refractivity contribution in [3.8, 4) is 0 Å². The summed E-state index contributed by atoms with van der Waals surface area (Å²) in [5.41, 5.74) is 19.7. The molecule has 4 unspecified atom stereocenters. The second kappa shape index (κ2) is 44.1. The molecule has 2 aromatic carbocycles. The van der Waals surface area contributed by atoms with E-state index >= 15 is 0 Å². The molecule has 30 heteroatoms. The van der Waals surface area contributed by atoms with Crippen LogP contribution in [0.5, 0.6) is 0 Å². The normalized spacial score (nSPS) is 20.8. The van der Waals surface area contributed by atoms with Crippen molar-refractivity contribution in [1.82, 2.24) is 16.0 Å². The molecule has 2 aliphatic rings. The van der Waals surface area contributed by atoms with E-state index in [1.807, 2.05) is 17.4 Å². The Morgan fingerprint density at radius 2 is 0.989 bits per heavy atom. The van der Waals surface area contributed by atoms with Gasteiger partial charge in [0, 0.05) is 60.6 Å². The van der Waals surface area contributed by atoms with Crippen molar-refractivity contribution < 1.29 is 98.6 Å². The number of amides is 3. The van der Waals surface area contributed by atoms with E-state index in [2.05, 4.69) is 25.4 Å². The number of carbonyl (C=O) groups excluding carboxylic acids is 7. The number of ketones is 1. The fourth-order valence-corrected chi connectivity index (χ4v) is 10.2. The zero-order chi connectivity index (χ0) is 69.5. The average Bonchev–Trinajstić information content (AvgIpc) is 0.819. The molecule has 4 rings (SSSR count). The van der Waals surface area contributed by atoms with E-state index in [-0.39, 0.29) is 50.2 Å². The highest BCUT2D eigenvalue weighted by Crippen LogP contribution is 2.34. The van der Waals surface area contributed by atoms with E-state index in [0.29, 0.717) is 31.5 Å². The molecule has 10 atom stereocenters. The van der Waals surface area contributed by atoms with Gasteiger partial charge < -0.3 is 49.8 Å². The molecule has 0 saturated carbocycles. The number of ether oxygens (including phenoxy) is 5. The summed E-state index contributed by atoms with van der Waals surface area (Å²) in [5, 5.41) is 31.3. The molecule has 24 nitrogen and oxygen atoms in total. The molecule has 5 N–H and O–H groups in total. The molecular formula is C63H91F6N9O15. The first-order valence-electron chi connectivity index (χ1n) is 31.4. The topological polar surface area (TPSA) is 357 Å². The SMILES string of the molecule is CC(=O)O[C@@H]1OC(CO)[C@@H](C)[C@H](C)C1NC(=O)C(F)(F)F.CC(=O)O[C@@H]1OC(COC(=O)CCCCCCCCCCNC(=O)c2cccc(CN=[N+]=[N-])c2)[C@@H](C)[C@H](C)C1NC(=O)C(F)(F)F.[N-]=[N+]=NCc1ccc(C(=O)CCCCCCCCCCCC(=O)O)cc1. The van der Waals surface area contributed by atoms with Gasteiger partial charge in [0.05, 0.1) is 44.0 Å². The van der Waals surface area contributed by atoms with Crippen molar-refractivity contribution in [2.45, 2.75) is 232 Å². The van der Waals surface area contributed by atoms with Crippen LogP contribution in [0.25, 0.3) is 20.9 Å². The number of esters is 3. The third-order valence-electron chi connectivity index (χ3n) is 15.9. The van der Waals surface area contributed by atoms with Gasteiger partial charge in [-0.3, -0.25) is 38.4 Å². The van der Waals surface area contributed by atoms with Crippen LogP contribution in [0.4, 0.5) is 26.3 Å². The molecule has 3 amide bonds. The van der Waals surface area contributed by atoms with Crippen molar-refractivity contribution in [2.24, 2.45) is 33.9 Å². The fourth-order valence-electron chi connectivity index (χ4n) is 10.2. The second-order valence-electron chi connectivity index (χ2n) is 23.1. The molecule has 2 aromatic rings. The van der Waals surface area contributed by atoms with Gasteiger partial charge in [-0.05, 0) is 83.7 Å². The third kappa shape index (κ3) is 33.2. The van der Waals surface area contributed by atoms with Crippen LogP contribution in [0.1, 0.15) is 202 Å². The maximum Gasteiger partial charge on any atom is 0.471 e. The minimum absolute atomic E-state index is 0.160. The van der Waals surface area contributed by atoms with E-state index in [4.69, 9.17) is 39.9 Å². The molecule has 2 heterocycles. The van der Waals surface area contributed by atoms with Gasteiger partial charge in [-0.1, -0.05) is 158 Å². The number of aliphatic hydroxyl groups excluding tert-OH is 1. The molecule has 0 aromatic heterocycles. The van der Waals surface area contributed by atoms with Crippen LogP contribution < -0.4 is 16.0 Å². The molecule has 0 radical (unpaired) electrons. The smallest absolute Gasteiger partial charge is 0.471 e. The Bertz CT molecular complexity index is 2750. The molecular weight excluding hydrogens is 1240 g/mol. The largest absolute Gasteiger partial charge is 0.481 e. The Hall–Kier alpha value is -7.52. The summed E-state index contributed by atoms with van der Waals surface area (Å²) in [6, 6.07) is 11.9. The number of alkyl halides is 6. The number of unbranched alkanes of at least 4 members (excludes halogenated alkanes) is 15. The van der Waals surface area contributed by atoms with E-state index in [1.165, 1.54) is 19.3 Å². The van der Waals surface area contributed by atoms with E-state index < -0.39 is 103 Å². The van der Waals surface area contributed by atoms with Crippen LogP contribution in [-0.4, -0.2) is 127 Å². The molecule has 0 aliphatic carbocycles. The zero-order valence-electron chi connectivity index (χ0n) is 53.7. The maximum absolute atomic E-state index is 12.8. The predicted molar refractivity (Wildman–Crippen MR) is 327 cm³/mol.